The second kappa shape index (κ2) is 6.15. The first-order valence-corrected chi connectivity index (χ1v) is 7.08. The Morgan fingerprint density at radius 3 is 2.50 bits per heavy atom. The van der Waals surface area contributed by atoms with E-state index in [2.05, 4.69) is 28.6 Å². The number of anilines is 1. The lowest BCUT2D eigenvalue weighted by atomic mass is 10.1. The molecule has 0 spiro atoms. The van der Waals surface area contributed by atoms with Crippen LogP contribution in [0.25, 0.3) is 11.3 Å². The van der Waals surface area contributed by atoms with Crippen LogP contribution in [0.15, 0.2) is 60.8 Å². The van der Waals surface area contributed by atoms with Crippen LogP contribution in [0, 0.1) is 11.3 Å². The molecule has 4 heteroatoms. The predicted octanol–water partition coefficient (Wildman–Crippen LogP) is 3.57. The van der Waals surface area contributed by atoms with Gasteiger partial charge in [0.2, 0.25) is 0 Å². The van der Waals surface area contributed by atoms with E-state index in [0.717, 1.165) is 22.5 Å². The Morgan fingerprint density at radius 2 is 1.82 bits per heavy atom. The smallest absolute Gasteiger partial charge is 0.0991 e. The van der Waals surface area contributed by atoms with Crippen LogP contribution in [0.3, 0.4) is 0 Å². The average molecular weight is 288 g/mol. The molecule has 1 heterocycles. The van der Waals surface area contributed by atoms with Gasteiger partial charge >= 0.3 is 0 Å². The van der Waals surface area contributed by atoms with Gasteiger partial charge in [0.1, 0.15) is 0 Å². The summed E-state index contributed by atoms with van der Waals surface area (Å²) in [6, 6.07) is 19.7. The Kier molecular flexibility index (Phi) is 3.88. The van der Waals surface area contributed by atoms with Crippen molar-refractivity contribution in [3.05, 3.63) is 71.9 Å². The van der Waals surface area contributed by atoms with Gasteiger partial charge in [0, 0.05) is 36.6 Å². The van der Waals surface area contributed by atoms with E-state index in [9.17, 15) is 0 Å². The summed E-state index contributed by atoms with van der Waals surface area (Å²) in [7, 11) is 1.93. The summed E-state index contributed by atoms with van der Waals surface area (Å²) in [5.74, 6) is 0. The molecule has 0 unspecified atom stereocenters. The maximum atomic E-state index is 8.82. The molecule has 0 bridgehead atoms. The molecule has 4 nitrogen and oxygen atoms in total. The third kappa shape index (κ3) is 2.99. The van der Waals surface area contributed by atoms with Crippen molar-refractivity contribution in [3.8, 4) is 17.3 Å². The van der Waals surface area contributed by atoms with Gasteiger partial charge in [-0.15, -0.1) is 0 Å². The van der Waals surface area contributed by atoms with Gasteiger partial charge in [0.25, 0.3) is 0 Å². The summed E-state index contributed by atoms with van der Waals surface area (Å²) in [5, 5.41) is 16.7. The summed E-state index contributed by atoms with van der Waals surface area (Å²) in [6.45, 7) is 0.684. The van der Waals surface area contributed by atoms with Gasteiger partial charge in [-0.2, -0.15) is 10.4 Å². The molecule has 3 rings (SSSR count). The zero-order valence-electron chi connectivity index (χ0n) is 12.3. The number of hydrogen-bond donors (Lipinski definition) is 1. The van der Waals surface area contributed by atoms with Gasteiger partial charge in [-0.25, -0.2) is 0 Å². The molecule has 1 aromatic heterocycles. The van der Waals surface area contributed by atoms with Crippen molar-refractivity contribution in [1.29, 1.82) is 5.26 Å². The highest BCUT2D eigenvalue weighted by molar-refractivity contribution is 5.63. The minimum atomic E-state index is 0.664. The Balaban J connectivity index is 1.79. The predicted molar refractivity (Wildman–Crippen MR) is 87.1 cm³/mol. The average Bonchev–Trinajstić information content (AvgIpc) is 2.95. The fourth-order valence-corrected chi connectivity index (χ4v) is 2.37. The summed E-state index contributed by atoms with van der Waals surface area (Å²) in [5.41, 5.74) is 4.89. The first kappa shape index (κ1) is 13.9. The van der Waals surface area contributed by atoms with Crippen LogP contribution in [-0.4, -0.2) is 9.78 Å². The normalized spacial score (nSPS) is 10.2. The van der Waals surface area contributed by atoms with E-state index in [1.165, 1.54) is 0 Å². The maximum absolute atomic E-state index is 8.82. The molecule has 0 saturated carbocycles. The van der Waals surface area contributed by atoms with Crippen molar-refractivity contribution >= 4 is 5.69 Å². The van der Waals surface area contributed by atoms with Gasteiger partial charge < -0.3 is 5.32 Å². The van der Waals surface area contributed by atoms with E-state index < -0.39 is 0 Å². The Bertz CT molecular complexity index is 795. The maximum Gasteiger partial charge on any atom is 0.0991 e. The van der Waals surface area contributed by atoms with Crippen LogP contribution in [-0.2, 0) is 13.6 Å². The van der Waals surface area contributed by atoms with Crippen molar-refractivity contribution in [3.63, 3.8) is 0 Å². The zero-order chi connectivity index (χ0) is 15.4. The minimum absolute atomic E-state index is 0.664. The lowest BCUT2D eigenvalue weighted by Crippen LogP contribution is -1.99. The number of aromatic nitrogens is 2. The minimum Gasteiger partial charge on any atom is -0.381 e. The van der Waals surface area contributed by atoms with Crippen LogP contribution < -0.4 is 5.32 Å². The lowest BCUT2D eigenvalue weighted by molar-refractivity contribution is 0.770. The van der Waals surface area contributed by atoms with Crippen molar-refractivity contribution in [1.82, 2.24) is 9.78 Å². The molecule has 0 amide bonds. The Hall–Kier alpha value is -3.06. The molecule has 0 aliphatic carbocycles. The zero-order valence-corrected chi connectivity index (χ0v) is 12.3. The monoisotopic (exact) mass is 288 g/mol. The standard InChI is InChI=1S/C18H16N4/c1-22-13-16(18(21-22)15-5-3-2-4-6-15)12-20-17-9-7-14(11-19)8-10-17/h2-10,13,20H,12H2,1H3. The van der Waals surface area contributed by atoms with E-state index in [1.807, 2.05) is 60.4 Å². The van der Waals surface area contributed by atoms with Crippen LogP contribution in [0.5, 0.6) is 0 Å². The first-order chi connectivity index (χ1) is 10.8. The number of nitriles is 1. The molecule has 0 aliphatic heterocycles. The van der Waals surface area contributed by atoms with Crippen LogP contribution in [0.2, 0.25) is 0 Å². The highest BCUT2D eigenvalue weighted by atomic mass is 15.3. The third-order valence-electron chi connectivity index (χ3n) is 3.45. The summed E-state index contributed by atoms with van der Waals surface area (Å²) >= 11 is 0. The molecule has 0 saturated heterocycles. The Labute approximate surface area is 129 Å². The second-order valence-corrected chi connectivity index (χ2v) is 5.09. The van der Waals surface area contributed by atoms with Crippen molar-refractivity contribution in [2.75, 3.05) is 5.32 Å². The van der Waals surface area contributed by atoms with E-state index in [0.29, 0.717) is 12.1 Å². The molecule has 3 aromatic rings. The molecule has 0 aliphatic rings. The van der Waals surface area contributed by atoms with Crippen molar-refractivity contribution < 1.29 is 0 Å². The van der Waals surface area contributed by atoms with Crippen LogP contribution in [0.1, 0.15) is 11.1 Å². The lowest BCUT2D eigenvalue weighted by Gasteiger charge is -2.06. The highest BCUT2D eigenvalue weighted by Gasteiger charge is 2.09. The first-order valence-electron chi connectivity index (χ1n) is 7.08. The molecule has 108 valence electrons. The number of hydrogen-bond acceptors (Lipinski definition) is 3. The van der Waals surface area contributed by atoms with E-state index in [4.69, 9.17) is 5.26 Å². The van der Waals surface area contributed by atoms with Gasteiger partial charge in [0.15, 0.2) is 0 Å². The molecular weight excluding hydrogens is 272 g/mol. The van der Waals surface area contributed by atoms with E-state index >= 15 is 0 Å². The van der Waals surface area contributed by atoms with E-state index in [-0.39, 0.29) is 0 Å². The van der Waals surface area contributed by atoms with Gasteiger partial charge in [0.05, 0.1) is 17.3 Å². The number of aryl methyl sites for hydroxylation is 1. The largest absolute Gasteiger partial charge is 0.381 e. The highest BCUT2D eigenvalue weighted by Crippen LogP contribution is 2.22. The van der Waals surface area contributed by atoms with Crippen LogP contribution in [0.4, 0.5) is 5.69 Å². The molecule has 0 fully saturated rings. The SMILES string of the molecule is Cn1cc(CNc2ccc(C#N)cc2)c(-c2ccccc2)n1. The van der Waals surface area contributed by atoms with Crippen molar-refractivity contribution in [2.24, 2.45) is 7.05 Å². The molecule has 2 aromatic carbocycles. The van der Waals surface area contributed by atoms with Crippen molar-refractivity contribution in [2.45, 2.75) is 6.54 Å². The number of rotatable bonds is 4. The molecule has 1 N–H and O–H groups in total. The summed E-state index contributed by atoms with van der Waals surface area (Å²) < 4.78 is 1.83. The van der Waals surface area contributed by atoms with Gasteiger partial charge in [-0.05, 0) is 24.3 Å². The quantitative estimate of drug-likeness (QED) is 0.798. The number of nitrogens with zero attached hydrogens (tertiary/aromatic N) is 3. The molecule has 0 atom stereocenters. The number of benzene rings is 2. The van der Waals surface area contributed by atoms with Gasteiger partial charge in [-0.3, -0.25) is 4.68 Å². The molecule has 22 heavy (non-hydrogen) atoms. The number of nitrogens with one attached hydrogen (secondary N) is 1. The summed E-state index contributed by atoms with van der Waals surface area (Å²) in [4.78, 5) is 0. The fourth-order valence-electron chi connectivity index (χ4n) is 2.37. The molecule has 0 radical (unpaired) electrons. The van der Waals surface area contributed by atoms with E-state index in [1.54, 1.807) is 0 Å². The van der Waals surface area contributed by atoms with Crippen LogP contribution >= 0.6 is 0 Å². The third-order valence-corrected chi connectivity index (χ3v) is 3.45. The fraction of sp³-hybridized carbons (Fsp3) is 0.111. The second-order valence-electron chi connectivity index (χ2n) is 5.09. The Morgan fingerprint density at radius 1 is 1.09 bits per heavy atom. The molecular formula is C18H16N4. The summed E-state index contributed by atoms with van der Waals surface area (Å²) in [6.07, 6.45) is 2.03. The van der Waals surface area contributed by atoms with Gasteiger partial charge in [-0.1, -0.05) is 30.3 Å². The topological polar surface area (TPSA) is 53.6 Å².